The van der Waals surface area contributed by atoms with Crippen molar-refractivity contribution in [1.29, 1.82) is 0 Å². The summed E-state index contributed by atoms with van der Waals surface area (Å²) in [6, 6.07) is 23.1. The molecule has 194 valence electrons. The van der Waals surface area contributed by atoms with E-state index in [0.29, 0.717) is 35.6 Å². The van der Waals surface area contributed by atoms with Gasteiger partial charge >= 0.3 is 5.97 Å². The summed E-state index contributed by atoms with van der Waals surface area (Å²) in [4.78, 5) is 24.4. The van der Waals surface area contributed by atoms with E-state index in [9.17, 15) is 9.59 Å². The molecule has 0 aliphatic carbocycles. The standard InChI is InChI=1S/C33H33NO4/c1-4-8-31(25-14-12-24(13-15-25)21-23(2)3)38-28-18-16-26(17-19-28)33(37)29-22-27(9-7-11-32(35)36)34-20-6-5-10-30(29)34/h5-6,10,12-20,22-23,31H,7,9,11,21H2,1-3H3,(H,35,36). The minimum Gasteiger partial charge on any atom is -0.481 e. The van der Waals surface area contributed by atoms with Crippen molar-refractivity contribution in [3.05, 3.63) is 107 Å². The molecule has 0 fully saturated rings. The van der Waals surface area contributed by atoms with Crippen LogP contribution in [0.25, 0.3) is 5.52 Å². The summed E-state index contributed by atoms with van der Waals surface area (Å²) in [5.74, 6) is 6.42. The maximum atomic E-state index is 13.5. The van der Waals surface area contributed by atoms with Crippen molar-refractivity contribution in [3.63, 3.8) is 0 Å². The maximum absolute atomic E-state index is 13.5. The molecule has 0 radical (unpaired) electrons. The average molecular weight is 508 g/mol. The van der Waals surface area contributed by atoms with Crippen molar-refractivity contribution in [2.24, 2.45) is 5.92 Å². The molecule has 1 atom stereocenters. The number of pyridine rings is 1. The second kappa shape index (κ2) is 12.3. The second-order valence-corrected chi connectivity index (χ2v) is 9.84. The lowest BCUT2D eigenvalue weighted by Crippen LogP contribution is -2.06. The molecule has 2 heterocycles. The van der Waals surface area contributed by atoms with Crippen LogP contribution in [0.3, 0.4) is 0 Å². The number of aromatic nitrogens is 1. The highest BCUT2D eigenvalue weighted by Crippen LogP contribution is 2.26. The van der Waals surface area contributed by atoms with Gasteiger partial charge in [0.25, 0.3) is 0 Å². The Labute approximate surface area is 224 Å². The predicted molar refractivity (Wildman–Crippen MR) is 150 cm³/mol. The van der Waals surface area contributed by atoms with Gasteiger partial charge in [0.15, 0.2) is 11.9 Å². The zero-order valence-electron chi connectivity index (χ0n) is 22.1. The van der Waals surface area contributed by atoms with Gasteiger partial charge in [-0.1, -0.05) is 50.1 Å². The molecule has 5 nitrogen and oxygen atoms in total. The van der Waals surface area contributed by atoms with Gasteiger partial charge in [-0.3, -0.25) is 9.59 Å². The first kappa shape index (κ1) is 26.8. The van der Waals surface area contributed by atoms with E-state index in [0.717, 1.165) is 23.2 Å². The van der Waals surface area contributed by atoms with Gasteiger partial charge in [-0.05, 0) is 80.1 Å². The zero-order valence-corrected chi connectivity index (χ0v) is 22.1. The van der Waals surface area contributed by atoms with Crippen LogP contribution in [-0.2, 0) is 17.6 Å². The maximum Gasteiger partial charge on any atom is 0.303 e. The number of nitrogens with zero attached hydrogens (tertiary/aromatic N) is 1. The van der Waals surface area contributed by atoms with Crippen molar-refractivity contribution >= 4 is 17.3 Å². The predicted octanol–water partition coefficient (Wildman–Crippen LogP) is 6.92. The van der Waals surface area contributed by atoms with E-state index in [2.05, 4.69) is 50.0 Å². The van der Waals surface area contributed by atoms with Crippen LogP contribution in [0, 0.1) is 17.8 Å². The number of fused-ring (bicyclic) bond motifs is 1. The summed E-state index contributed by atoms with van der Waals surface area (Å²) < 4.78 is 8.17. The van der Waals surface area contributed by atoms with Gasteiger partial charge in [-0.2, -0.15) is 0 Å². The number of aliphatic carboxylic acids is 1. The van der Waals surface area contributed by atoms with Gasteiger partial charge < -0.3 is 14.2 Å². The van der Waals surface area contributed by atoms with Crippen LogP contribution in [0.4, 0.5) is 0 Å². The lowest BCUT2D eigenvalue weighted by atomic mass is 10.00. The third-order valence-corrected chi connectivity index (χ3v) is 6.40. The normalized spacial score (nSPS) is 11.7. The van der Waals surface area contributed by atoms with Gasteiger partial charge in [0.2, 0.25) is 0 Å². The van der Waals surface area contributed by atoms with E-state index in [1.807, 2.05) is 34.9 Å². The van der Waals surface area contributed by atoms with Crippen molar-refractivity contribution in [3.8, 4) is 17.6 Å². The molecule has 0 aliphatic rings. The molecule has 0 saturated carbocycles. The lowest BCUT2D eigenvalue weighted by molar-refractivity contribution is -0.137. The first-order valence-electron chi connectivity index (χ1n) is 13.0. The Kier molecular flexibility index (Phi) is 8.66. The van der Waals surface area contributed by atoms with Gasteiger partial charge in [0, 0.05) is 35.0 Å². The molecule has 0 amide bonds. The fourth-order valence-electron chi connectivity index (χ4n) is 4.61. The number of hydrogen-bond donors (Lipinski definition) is 1. The second-order valence-electron chi connectivity index (χ2n) is 9.84. The molecule has 0 spiro atoms. The van der Waals surface area contributed by atoms with E-state index < -0.39 is 12.1 Å². The van der Waals surface area contributed by atoms with Crippen LogP contribution < -0.4 is 4.74 Å². The Morgan fingerprint density at radius 2 is 1.74 bits per heavy atom. The quantitative estimate of drug-likeness (QED) is 0.177. The first-order valence-corrected chi connectivity index (χ1v) is 13.0. The third kappa shape index (κ3) is 6.52. The van der Waals surface area contributed by atoms with Crippen LogP contribution in [0.2, 0.25) is 0 Å². The van der Waals surface area contributed by atoms with Gasteiger partial charge in [0.1, 0.15) is 5.75 Å². The molecule has 0 bridgehead atoms. The van der Waals surface area contributed by atoms with Crippen LogP contribution in [0.15, 0.2) is 79.0 Å². The molecule has 4 rings (SSSR count). The van der Waals surface area contributed by atoms with E-state index in [1.165, 1.54) is 5.56 Å². The highest BCUT2D eigenvalue weighted by molar-refractivity contribution is 6.13. The third-order valence-electron chi connectivity index (χ3n) is 6.40. The number of rotatable bonds is 11. The molecule has 1 unspecified atom stereocenters. The summed E-state index contributed by atoms with van der Waals surface area (Å²) in [6.07, 6.45) is 3.72. The summed E-state index contributed by atoms with van der Waals surface area (Å²) >= 11 is 0. The molecular weight excluding hydrogens is 474 g/mol. The molecule has 1 N–H and O–H groups in total. The van der Waals surface area contributed by atoms with Crippen LogP contribution in [-0.4, -0.2) is 21.3 Å². The van der Waals surface area contributed by atoms with Crippen LogP contribution >= 0.6 is 0 Å². The average Bonchev–Trinajstić information content (AvgIpc) is 3.27. The molecule has 2 aromatic heterocycles. The lowest BCUT2D eigenvalue weighted by Gasteiger charge is -2.15. The van der Waals surface area contributed by atoms with E-state index in [1.54, 1.807) is 31.2 Å². The van der Waals surface area contributed by atoms with Gasteiger partial charge in [-0.25, -0.2) is 0 Å². The fourth-order valence-corrected chi connectivity index (χ4v) is 4.61. The topological polar surface area (TPSA) is 68.0 Å². The number of ketones is 1. The first-order chi connectivity index (χ1) is 18.4. The van der Waals surface area contributed by atoms with Gasteiger partial charge in [0.05, 0.1) is 5.52 Å². The molecular formula is C33H33NO4. The van der Waals surface area contributed by atoms with Crippen molar-refractivity contribution in [1.82, 2.24) is 4.40 Å². The van der Waals surface area contributed by atoms with Crippen LogP contribution in [0.5, 0.6) is 5.75 Å². The number of benzene rings is 2. The van der Waals surface area contributed by atoms with Crippen LogP contribution in [0.1, 0.15) is 72.5 Å². The SMILES string of the molecule is CC#CC(Oc1ccc(C(=O)c2cc(CCCC(=O)O)n3ccccc23)cc1)c1ccc(CC(C)C)cc1. The number of hydrogen-bond acceptors (Lipinski definition) is 3. The monoisotopic (exact) mass is 507 g/mol. The number of carboxylic acid groups (broad SMARTS) is 1. The number of carbonyl (C=O) groups excluding carboxylic acids is 1. The smallest absolute Gasteiger partial charge is 0.303 e. The molecule has 4 aromatic rings. The fraction of sp³-hybridized carbons (Fsp3) is 0.273. The molecule has 0 saturated heterocycles. The highest BCUT2D eigenvalue weighted by Gasteiger charge is 2.18. The van der Waals surface area contributed by atoms with Crippen molar-refractivity contribution < 1.29 is 19.4 Å². The Morgan fingerprint density at radius 3 is 2.39 bits per heavy atom. The molecule has 38 heavy (non-hydrogen) atoms. The number of carboxylic acids is 1. The Morgan fingerprint density at radius 1 is 1.00 bits per heavy atom. The minimum absolute atomic E-state index is 0.0876. The number of carbonyl (C=O) groups is 2. The molecule has 2 aromatic carbocycles. The Hall–Kier alpha value is -4.30. The number of ether oxygens (including phenoxy) is 1. The summed E-state index contributed by atoms with van der Waals surface area (Å²) in [5, 5.41) is 8.98. The van der Waals surface area contributed by atoms with Gasteiger partial charge in [-0.15, -0.1) is 5.92 Å². The number of aryl methyl sites for hydroxylation is 1. The summed E-state index contributed by atoms with van der Waals surface area (Å²) in [6.45, 7) is 6.21. The van der Waals surface area contributed by atoms with E-state index in [-0.39, 0.29) is 12.2 Å². The summed E-state index contributed by atoms with van der Waals surface area (Å²) in [5.41, 5.74) is 5.16. The highest BCUT2D eigenvalue weighted by atomic mass is 16.5. The van der Waals surface area contributed by atoms with E-state index in [4.69, 9.17) is 9.84 Å². The van der Waals surface area contributed by atoms with Crippen molar-refractivity contribution in [2.45, 2.75) is 52.6 Å². The Balaban J connectivity index is 1.51. The van der Waals surface area contributed by atoms with Crippen molar-refractivity contribution in [2.75, 3.05) is 0 Å². The minimum atomic E-state index is -0.820. The van der Waals surface area contributed by atoms with E-state index >= 15 is 0 Å². The molecule has 5 heteroatoms. The largest absolute Gasteiger partial charge is 0.481 e. The molecule has 0 aliphatic heterocycles. The summed E-state index contributed by atoms with van der Waals surface area (Å²) in [7, 11) is 0. The zero-order chi connectivity index (χ0) is 27.1. The Bertz CT molecular complexity index is 1470.